The average molecular weight is 165 g/mol. The lowest BCUT2D eigenvalue weighted by molar-refractivity contribution is 0.372. The van der Waals surface area contributed by atoms with Crippen LogP contribution in [0.2, 0.25) is 6.32 Å². The van der Waals surface area contributed by atoms with Gasteiger partial charge in [-0.05, 0) is 6.54 Å². The Morgan fingerprint density at radius 1 is 1.40 bits per heavy atom. The van der Waals surface area contributed by atoms with Crippen LogP contribution in [0.4, 0.5) is 0 Å². The zero-order valence-corrected chi connectivity index (χ0v) is 6.97. The van der Waals surface area contributed by atoms with Crippen molar-refractivity contribution in [2.45, 2.75) is 6.32 Å². The SMILES string of the molecule is BCCNCCP(=O)(O)O. The highest BCUT2D eigenvalue weighted by molar-refractivity contribution is 7.51. The van der Waals surface area contributed by atoms with Crippen molar-refractivity contribution in [1.82, 2.24) is 5.32 Å². The van der Waals surface area contributed by atoms with Gasteiger partial charge in [0.2, 0.25) is 0 Å². The minimum atomic E-state index is -3.77. The number of hydrogen-bond donors (Lipinski definition) is 3. The van der Waals surface area contributed by atoms with E-state index in [-0.39, 0.29) is 6.16 Å². The normalized spacial score (nSPS) is 11.8. The Kier molecular flexibility index (Phi) is 5.00. The van der Waals surface area contributed by atoms with Crippen LogP contribution in [-0.4, -0.2) is 36.9 Å². The summed E-state index contributed by atoms with van der Waals surface area (Å²) in [4.78, 5) is 16.8. The van der Waals surface area contributed by atoms with Gasteiger partial charge in [-0.3, -0.25) is 4.57 Å². The maximum atomic E-state index is 10.2. The van der Waals surface area contributed by atoms with Gasteiger partial charge in [0.05, 0.1) is 6.16 Å². The van der Waals surface area contributed by atoms with Crippen molar-refractivity contribution in [3.63, 3.8) is 0 Å². The third kappa shape index (κ3) is 8.17. The molecule has 3 N–H and O–H groups in total. The molecule has 0 atom stereocenters. The molecule has 0 amide bonds. The Morgan fingerprint density at radius 2 is 2.00 bits per heavy atom. The second-order valence-corrected chi connectivity index (χ2v) is 3.91. The zero-order chi connectivity index (χ0) is 8.04. The van der Waals surface area contributed by atoms with Crippen LogP contribution in [0.3, 0.4) is 0 Å². The van der Waals surface area contributed by atoms with Gasteiger partial charge >= 0.3 is 7.60 Å². The molecule has 0 aromatic carbocycles. The van der Waals surface area contributed by atoms with Gasteiger partial charge in [-0.25, -0.2) is 0 Å². The van der Waals surface area contributed by atoms with Crippen molar-refractivity contribution in [2.24, 2.45) is 0 Å². The number of hydrogen-bond acceptors (Lipinski definition) is 2. The fourth-order valence-electron chi connectivity index (χ4n) is 0.526. The van der Waals surface area contributed by atoms with E-state index in [1.807, 2.05) is 7.85 Å². The van der Waals surface area contributed by atoms with Crippen LogP contribution < -0.4 is 5.32 Å². The summed E-state index contributed by atoms with van der Waals surface area (Å²) >= 11 is 0. The van der Waals surface area contributed by atoms with Crippen molar-refractivity contribution in [2.75, 3.05) is 19.3 Å². The van der Waals surface area contributed by atoms with E-state index in [1.165, 1.54) is 0 Å². The largest absolute Gasteiger partial charge is 0.326 e. The van der Waals surface area contributed by atoms with E-state index in [2.05, 4.69) is 5.32 Å². The quantitative estimate of drug-likeness (QED) is 0.272. The predicted octanol–water partition coefficient (Wildman–Crippen LogP) is -1.19. The molecule has 60 valence electrons. The standard InChI is InChI=1S/C4H13BNO3P/c5-1-2-6-3-4-10(7,8)9/h6H,1-5H2,(H2,7,8,9). The molecule has 0 bridgehead atoms. The van der Waals surface area contributed by atoms with Gasteiger partial charge in [0.1, 0.15) is 7.85 Å². The van der Waals surface area contributed by atoms with Crippen molar-refractivity contribution in [3.05, 3.63) is 0 Å². The highest BCUT2D eigenvalue weighted by atomic mass is 31.2. The molecule has 4 nitrogen and oxygen atoms in total. The summed E-state index contributed by atoms with van der Waals surface area (Å²) in [5.74, 6) is 0. The summed E-state index contributed by atoms with van der Waals surface area (Å²) in [5, 5.41) is 2.90. The summed E-state index contributed by atoms with van der Waals surface area (Å²) in [6, 6.07) is 0. The second-order valence-electron chi connectivity index (χ2n) is 2.14. The average Bonchev–Trinajstić information content (AvgIpc) is 1.78. The van der Waals surface area contributed by atoms with Crippen molar-refractivity contribution >= 4 is 15.4 Å². The van der Waals surface area contributed by atoms with Crippen LogP contribution in [-0.2, 0) is 4.57 Å². The minimum absolute atomic E-state index is 0.0625. The summed E-state index contributed by atoms with van der Waals surface area (Å²) in [6.45, 7) is 1.22. The first-order chi connectivity index (χ1) is 4.56. The predicted molar refractivity (Wildman–Crippen MR) is 43.1 cm³/mol. The van der Waals surface area contributed by atoms with Gasteiger partial charge in [-0.15, -0.1) is 0 Å². The Labute approximate surface area is 61.6 Å². The van der Waals surface area contributed by atoms with Gasteiger partial charge < -0.3 is 15.1 Å². The molecule has 0 aliphatic heterocycles. The van der Waals surface area contributed by atoms with E-state index < -0.39 is 7.60 Å². The van der Waals surface area contributed by atoms with Crippen molar-refractivity contribution in [3.8, 4) is 0 Å². The lowest BCUT2D eigenvalue weighted by Crippen LogP contribution is -2.19. The second kappa shape index (κ2) is 4.91. The summed E-state index contributed by atoms with van der Waals surface area (Å²) in [7, 11) is -1.76. The molecule has 6 heteroatoms. The molecule has 0 saturated carbocycles. The maximum absolute atomic E-state index is 10.2. The van der Waals surface area contributed by atoms with E-state index in [0.29, 0.717) is 6.54 Å². The van der Waals surface area contributed by atoms with E-state index in [4.69, 9.17) is 9.79 Å². The van der Waals surface area contributed by atoms with E-state index in [1.54, 1.807) is 0 Å². The van der Waals surface area contributed by atoms with Gasteiger partial charge in [-0.1, -0.05) is 6.32 Å². The molecule has 0 fully saturated rings. The lowest BCUT2D eigenvalue weighted by Gasteiger charge is -2.03. The maximum Gasteiger partial charge on any atom is 0.326 e. The van der Waals surface area contributed by atoms with Crippen LogP contribution in [0.15, 0.2) is 0 Å². The fraction of sp³-hybridized carbons (Fsp3) is 1.00. The van der Waals surface area contributed by atoms with Crippen molar-refractivity contribution in [1.29, 1.82) is 0 Å². The molecule has 0 aliphatic rings. The molecule has 0 aliphatic carbocycles. The molecule has 0 aromatic rings. The van der Waals surface area contributed by atoms with Gasteiger partial charge in [0.25, 0.3) is 0 Å². The molecule has 0 rings (SSSR count). The third-order valence-corrected chi connectivity index (χ3v) is 1.81. The van der Waals surface area contributed by atoms with Gasteiger partial charge in [0, 0.05) is 6.54 Å². The molecule has 0 aromatic heterocycles. The van der Waals surface area contributed by atoms with E-state index in [0.717, 1.165) is 12.9 Å². The van der Waals surface area contributed by atoms with Crippen LogP contribution in [0.1, 0.15) is 0 Å². The van der Waals surface area contributed by atoms with Crippen LogP contribution in [0.5, 0.6) is 0 Å². The first kappa shape index (κ1) is 10.2. The number of rotatable bonds is 5. The van der Waals surface area contributed by atoms with Gasteiger partial charge in [-0.2, -0.15) is 0 Å². The molecular formula is C4H13BNO3P. The Balaban J connectivity index is 3.13. The first-order valence-electron chi connectivity index (χ1n) is 3.31. The van der Waals surface area contributed by atoms with E-state index >= 15 is 0 Å². The lowest BCUT2D eigenvalue weighted by atomic mass is 10.1. The molecule has 0 unspecified atom stereocenters. The third-order valence-electron chi connectivity index (χ3n) is 1.01. The topological polar surface area (TPSA) is 69.6 Å². The Hall–Kier alpha value is 0.175. The van der Waals surface area contributed by atoms with Crippen LogP contribution >= 0.6 is 7.60 Å². The van der Waals surface area contributed by atoms with Crippen molar-refractivity contribution < 1.29 is 14.4 Å². The summed E-state index contributed by atoms with van der Waals surface area (Å²) in [6.07, 6.45) is 0.925. The minimum Gasteiger partial charge on any atom is -0.324 e. The highest BCUT2D eigenvalue weighted by Crippen LogP contribution is 2.32. The summed E-state index contributed by atoms with van der Waals surface area (Å²) in [5.41, 5.74) is 0. The number of nitrogens with one attached hydrogen (secondary N) is 1. The first-order valence-corrected chi connectivity index (χ1v) is 5.11. The molecule has 0 radical (unpaired) electrons. The highest BCUT2D eigenvalue weighted by Gasteiger charge is 2.10. The van der Waals surface area contributed by atoms with Gasteiger partial charge in [0.15, 0.2) is 0 Å². The molecular weight excluding hydrogens is 152 g/mol. The fourth-order valence-corrected chi connectivity index (χ4v) is 0.976. The molecule has 10 heavy (non-hydrogen) atoms. The Bertz CT molecular complexity index is 126. The molecule has 0 heterocycles. The Morgan fingerprint density at radius 3 is 2.40 bits per heavy atom. The monoisotopic (exact) mass is 165 g/mol. The van der Waals surface area contributed by atoms with E-state index in [9.17, 15) is 4.57 Å². The summed E-state index contributed by atoms with van der Waals surface area (Å²) < 4.78 is 10.2. The smallest absolute Gasteiger partial charge is 0.324 e. The van der Waals surface area contributed by atoms with Crippen LogP contribution in [0, 0.1) is 0 Å². The molecule has 0 spiro atoms. The zero-order valence-electron chi connectivity index (χ0n) is 6.08. The van der Waals surface area contributed by atoms with Crippen LogP contribution in [0.25, 0.3) is 0 Å². The molecule has 0 saturated heterocycles.